The van der Waals surface area contributed by atoms with E-state index in [1.165, 1.54) is 24.1 Å². The lowest BCUT2D eigenvalue weighted by Crippen LogP contribution is -2.18. The molecule has 3 aromatic heterocycles. The number of aromatic nitrogens is 2. The minimum absolute atomic E-state index is 0.0947. The summed E-state index contributed by atoms with van der Waals surface area (Å²) in [4.78, 5) is 31.9. The standard InChI is InChI=1S/C19H20N2O4S.C17H17NO2S/c1-11(2)14-5-4-6-15-16(18(19(22)23)21-17(14)15)12-7-9-13(10-8-12)26(24,25)20-3;1-9(2)11-5-4-6-12-14(13-8-7-10(3)21-13)16(17(19)20)18-15(11)12/h4-11,20-21H,1-3H3,(H,22,23);4-9,18H,1-3H3,(H,19,20). The van der Waals surface area contributed by atoms with E-state index in [1.807, 2.05) is 63.2 Å². The summed E-state index contributed by atoms with van der Waals surface area (Å²) in [5.41, 5.74) is 6.29. The number of thiophene rings is 1. The van der Waals surface area contributed by atoms with Crippen LogP contribution in [0.25, 0.3) is 43.4 Å². The van der Waals surface area contributed by atoms with Crippen LogP contribution in [0.2, 0.25) is 0 Å². The minimum Gasteiger partial charge on any atom is -0.477 e. The number of sulfonamides is 1. The molecule has 0 fully saturated rings. The second-order valence-corrected chi connectivity index (χ2v) is 15.0. The Morgan fingerprint density at radius 2 is 1.21 bits per heavy atom. The monoisotopic (exact) mass is 671 g/mol. The van der Waals surface area contributed by atoms with E-state index in [-0.39, 0.29) is 22.2 Å². The van der Waals surface area contributed by atoms with Gasteiger partial charge in [0.1, 0.15) is 11.4 Å². The van der Waals surface area contributed by atoms with Gasteiger partial charge in [-0.3, -0.25) is 0 Å². The third-order valence-corrected chi connectivity index (χ3v) is 10.6. The van der Waals surface area contributed by atoms with Crippen LogP contribution in [-0.2, 0) is 10.0 Å². The molecule has 0 saturated carbocycles. The number of benzene rings is 3. The fourth-order valence-electron chi connectivity index (χ4n) is 5.81. The number of nitrogens with one attached hydrogen (secondary N) is 3. The van der Waals surface area contributed by atoms with E-state index in [0.29, 0.717) is 17.0 Å². The Labute approximate surface area is 277 Å². The normalized spacial score (nSPS) is 11.7. The molecule has 0 atom stereocenters. The Kier molecular flexibility index (Phi) is 9.44. The van der Waals surface area contributed by atoms with E-state index in [1.54, 1.807) is 23.5 Å². The SMILES string of the molecule is CNS(=O)(=O)c1ccc(-c2c(C(=O)O)[nH]c3c(C(C)C)cccc23)cc1.Cc1ccc(-c2c(C(=O)O)[nH]c3c(C(C)C)cccc23)s1. The largest absolute Gasteiger partial charge is 0.477 e. The van der Waals surface area contributed by atoms with Gasteiger partial charge in [-0.1, -0.05) is 76.2 Å². The molecule has 11 heteroatoms. The van der Waals surface area contributed by atoms with Gasteiger partial charge in [-0.2, -0.15) is 0 Å². The second kappa shape index (κ2) is 13.2. The van der Waals surface area contributed by atoms with Gasteiger partial charge in [0.15, 0.2) is 0 Å². The third kappa shape index (κ3) is 6.47. The van der Waals surface area contributed by atoms with Gasteiger partial charge in [0, 0.05) is 31.7 Å². The van der Waals surface area contributed by atoms with E-state index < -0.39 is 22.0 Å². The molecular weight excluding hydrogens is 635 g/mol. The minimum atomic E-state index is -3.54. The number of carboxylic acid groups (broad SMARTS) is 2. The van der Waals surface area contributed by atoms with Crippen molar-refractivity contribution in [3.63, 3.8) is 0 Å². The first-order valence-electron chi connectivity index (χ1n) is 15.1. The van der Waals surface area contributed by atoms with Crippen LogP contribution in [0.1, 0.15) is 76.5 Å². The molecule has 0 spiro atoms. The summed E-state index contributed by atoms with van der Waals surface area (Å²) in [6.07, 6.45) is 0. The highest BCUT2D eigenvalue weighted by Crippen LogP contribution is 2.39. The predicted octanol–water partition coefficient (Wildman–Crippen LogP) is 8.59. The zero-order chi connectivity index (χ0) is 34.2. The zero-order valence-electron chi connectivity index (χ0n) is 26.9. The van der Waals surface area contributed by atoms with E-state index >= 15 is 0 Å². The third-order valence-electron chi connectivity index (χ3n) is 8.11. The van der Waals surface area contributed by atoms with Crippen LogP contribution in [0.3, 0.4) is 0 Å². The molecule has 47 heavy (non-hydrogen) atoms. The maximum atomic E-state index is 11.9. The average molecular weight is 672 g/mol. The molecule has 6 aromatic rings. The van der Waals surface area contributed by atoms with Gasteiger partial charge in [-0.05, 0) is 66.8 Å². The Bertz CT molecular complexity index is 2220. The fraction of sp³-hybridized carbons (Fsp3) is 0.222. The van der Waals surface area contributed by atoms with E-state index in [9.17, 15) is 28.2 Å². The summed E-state index contributed by atoms with van der Waals surface area (Å²) in [5.74, 6) is -1.40. The molecule has 5 N–H and O–H groups in total. The Morgan fingerprint density at radius 1 is 0.723 bits per heavy atom. The van der Waals surface area contributed by atoms with Crippen molar-refractivity contribution in [3.8, 4) is 21.6 Å². The highest BCUT2D eigenvalue weighted by molar-refractivity contribution is 7.89. The Hall–Kier alpha value is -4.71. The Morgan fingerprint density at radius 3 is 1.64 bits per heavy atom. The Balaban J connectivity index is 0.000000189. The number of carboxylic acids is 2. The van der Waals surface area contributed by atoms with Gasteiger partial charge >= 0.3 is 11.9 Å². The molecule has 0 unspecified atom stereocenters. The number of aromatic amines is 2. The summed E-state index contributed by atoms with van der Waals surface area (Å²) in [6.45, 7) is 10.4. The summed E-state index contributed by atoms with van der Waals surface area (Å²) in [6, 6.07) is 22.0. The molecule has 0 aliphatic rings. The lowest BCUT2D eigenvalue weighted by molar-refractivity contribution is 0.0681. The van der Waals surface area contributed by atoms with Gasteiger partial charge in [0.25, 0.3) is 0 Å². The van der Waals surface area contributed by atoms with Crippen LogP contribution in [-0.4, -0.2) is 47.6 Å². The lowest BCUT2D eigenvalue weighted by Gasteiger charge is -2.08. The quantitative estimate of drug-likeness (QED) is 0.109. The van der Waals surface area contributed by atoms with Crippen molar-refractivity contribution in [1.29, 1.82) is 0 Å². The van der Waals surface area contributed by atoms with E-state index in [0.717, 1.165) is 43.4 Å². The molecule has 6 rings (SSSR count). The molecule has 3 aromatic carbocycles. The van der Waals surface area contributed by atoms with Gasteiger partial charge in [0.05, 0.1) is 15.9 Å². The van der Waals surface area contributed by atoms with Crippen molar-refractivity contribution in [3.05, 3.63) is 100 Å². The molecule has 0 aliphatic heterocycles. The van der Waals surface area contributed by atoms with Crippen LogP contribution in [0.4, 0.5) is 0 Å². The summed E-state index contributed by atoms with van der Waals surface area (Å²) >= 11 is 1.62. The second-order valence-electron chi connectivity index (χ2n) is 11.9. The van der Waals surface area contributed by atoms with Crippen molar-refractivity contribution in [2.45, 2.75) is 51.3 Å². The first kappa shape index (κ1) is 33.6. The number of fused-ring (bicyclic) bond motifs is 2. The van der Waals surface area contributed by atoms with Crippen LogP contribution < -0.4 is 4.72 Å². The van der Waals surface area contributed by atoms with Gasteiger partial charge in [-0.25, -0.2) is 22.7 Å². The molecular formula is C36H37N3O6S2. The zero-order valence-corrected chi connectivity index (χ0v) is 28.6. The number of aromatic carboxylic acids is 2. The van der Waals surface area contributed by atoms with E-state index in [2.05, 4.69) is 34.6 Å². The molecule has 0 aliphatic carbocycles. The topological polar surface area (TPSA) is 152 Å². The van der Waals surface area contributed by atoms with Crippen molar-refractivity contribution in [2.24, 2.45) is 0 Å². The highest BCUT2D eigenvalue weighted by atomic mass is 32.2. The molecule has 244 valence electrons. The lowest BCUT2D eigenvalue weighted by atomic mass is 9.97. The maximum absolute atomic E-state index is 11.9. The highest BCUT2D eigenvalue weighted by Gasteiger charge is 2.23. The average Bonchev–Trinajstić information content (AvgIpc) is 3.75. The number of para-hydroxylation sites is 2. The number of carbonyl (C=O) groups is 2. The summed E-state index contributed by atoms with van der Waals surface area (Å²) < 4.78 is 26.1. The molecule has 0 radical (unpaired) electrons. The number of H-pyrrole nitrogens is 2. The number of hydrogen-bond acceptors (Lipinski definition) is 5. The number of rotatable bonds is 8. The molecule has 9 nitrogen and oxygen atoms in total. The predicted molar refractivity (Wildman–Crippen MR) is 188 cm³/mol. The van der Waals surface area contributed by atoms with Crippen molar-refractivity contribution < 1.29 is 28.2 Å². The van der Waals surface area contributed by atoms with Crippen molar-refractivity contribution in [2.75, 3.05) is 7.05 Å². The van der Waals surface area contributed by atoms with Crippen LogP contribution in [0.5, 0.6) is 0 Å². The van der Waals surface area contributed by atoms with Crippen LogP contribution >= 0.6 is 11.3 Å². The van der Waals surface area contributed by atoms with Gasteiger partial charge in [0.2, 0.25) is 10.0 Å². The molecule has 0 amide bonds. The molecule has 0 saturated heterocycles. The number of aryl methyl sites for hydroxylation is 1. The van der Waals surface area contributed by atoms with E-state index in [4.69, 9.17) is 0 Å². The summed E-state index contributed by atoms with van der Waals surface area (Å²) in [5, 5.41) is 21.0. The first-order valence-corrected chi connectivity index (χ1v) is 17.4. The van der Waals surface area contributed by atoms with Crippen molar-refractivity contribution in [1.82, 2.24) is 14.7 Å². The smallest absolute Gasteiger partial charge is 0.353 e. The number of hydrogen-bond donors (Lipinski definition) is 5. The summed E-state index contributed by atoms with van der Waals surface area (Å²) in [7, 11) is -2.20. The molecule has 0 bridgehead atoms. The maximum Gasteiger partial charge on any atom is 0.353 e. The van der Waals surface area contributed by atoms with Crippen LogP contribution in [0.15, 0.2) is 77.7 Å². The van der Waals surface area contributed by atoms with Gasteiger partial charge in [-0.15, -0.1) is 11.3 Å². The van der Waals surface area contributed by atoms with Crippen LogP contribution in [0, 0.1) is 6.92 Å². The fourth-order valence-corrected chi connectivity index (χ4v) is 7.47. The first-order chi connectivity index (χ1) is 22.2. The molecule has 3 heterocycles. The van der Waals surface area contributed by atoms with Gasteiger partial charge < -0.3 is 20.2 Å². The van der Waals surface area contributed by atoms with Crippen molar-refractivity contribution >= 4 is 55.1 Å².